The van der Waals surface area contributed by atoms with E-state index in [1.54, 1.807) is 19.1 Å². The van der Waals surface area contributed by atoms with Crippen molar-refractivity contribution in [3.8, 4) is 5.75 Å². The Kier molecular flexibility index (Phi) is 5.15. The maximum Gasteiger partial charge on any atom is 0.422 e. The van der Waals surface area contributed by atoms with Crippen molar-refractivity contribution in [3.63, 3.8) is 0 Å². The van der Waals surface area contributed by atoms with Gasteiger partial charge in [0.15, 0.2) is 6.61 Å². The van der Waals surface area contributed by atoms with Crippen molar-refractivity contribution in [1.82, 2.24) is 15.3 Å². The number of nitrogens with one attached hydrogen (secondary N) is 1. The van der Waals surface area contributed by atoms with Gasteiger partial charge in [-0.05, 0) is 30.7 Å². The van der Waals surface area contributed by atoms with Gasteiger partial charge in [-0.3, -0.25) is 4.79 Å². The number of hydrogen-bond donors (Lipinski definition) is 1. The molecule has 1 aromatic heterocycles. The molecular weight excluding hydrogens is 311 g/mol. The maximum absolute atomic E-state index is 12.1. The predicted octanol–water partition coefficient (Wildman–Crippen LogP) is 2.91. The molecule has 8 heteroatoms. The van der Waals surface area contributed by atoms with E-state index in [0.29, 0.717) is 0 Å². The van der Waals surface area contributed by atoms with Crippen LogP contribution in [0, 0.1) is 0 Å². The van der Waals surface area contributed by atoms with Crippen molar-refractivity contribution in [3.05, 3.63) is 54.1 Å². The maximum atomic E-state index is 12.1. The number of carbonyl (C=O) groups is 1. The molecule has 1 amide bonds. The first-order valence-corrected chi connectivity index (χ1v) is 6.71. The second kappa shape index (κ2) is 7.08. The first kappa shape index (κ1) is 16.7. The van der Waals surface area contributed by atoms with E-state index in [1.807, 2.05) is 0 Å². The minimum atomic E-state index is -4.38. The second-order valence-electron chi connectivity index (χ2n) is 4.76. The average Bonchev–Trinajstić information content (AvgIpc) is 2.53. The normalized spacial score (nSPS) is 12.5. The van der Waals surface area contributed by atoms with Crippen LogP contribution in [0.5, 0.6) is 5.75 Å². The Bertz CT molecular complexity index is 645. The molecule has 1 unspecified atom stereocenters. The monoisotopic (exact) mass is 325 g/mol. The SMILES string of the molecule is CC(NC(=O)c1ccncn1)c1ccc(OCC(F)(F)F)cc1. The molecule has 0 spiro atoms. The van der Waals surface area contributed by atoms with E-state index >= 15 is 0 Å². The van der Waals surface area contributed by atoms with E-state index in [0.717, 1.165) is 5.56 Å². The summed E-state index contributed by atoms with van der Waals surface area (Å²) >= 11 is 0. The summed E-state index contributed by atoms with van der Waals surface area (Å²) in [5.41, 5.74) is 0.962. The molecule has 0 aliphatic heterocycles. The van der Waals surface area contributed by atoms with Crippen LogP contribution < -0.4 is 10.1 Å². The van der Waals surface area contributed by atoms with Gasteiger partial charge >= 0.3 is 6.18 Å². The van der Waals surface area contributed by atoms with Crippen LogP contribution in [0.15, 0.2) is 42.9 Å². The minimum absolute atomic E-state index is 0.111. The van der Waals surface area contributed by atoms with Gasteiger partial charge in [-0.2, -0.15) is 13.2 Å². The van der Waals surface area contributed by atoms with Crippen LogP contribution in [-0.2, 0) is 0 Å². The number of halogens is 3. The van der Waals surface area contributed by atoms with E-state index in [1.165, 1.54) is 30.7 Å². The fourth-order valence-corrected chi connectivity index (χ4v) is 1.80. The predicted molar refractivity (Wildman–Crippen MR) is 75.9 cm³/mol. The Balaban J connectivity index is 1.95. The number of rotatable bonds is 5. The van der Waals surface area contributed by atoms with Gasteiger partial charge in [-0.25, -0.2) is 9.97 Å². The highest BCUT2D eigenvalue weighted by Crippen LogP contribution is 2.21. The second-order valence-corrected chi connectivity index (χ2v) is 4.76. The van der Waals surface area contributed by atoms with Crippen LogP contribution >= 0.6 is 0 Å². The lowest BCUT2D eigenvalue weighted by Gasteiger charge is -2.15. The summed E-state index contributed by atoms with van der Waals surface area (Å²) in [5, 5.41) is 2.74. The molecule has 0 fully saturated rings. The van der Waals surface area contributed by atoms with E-state index in [2.05, 4.69) is 20.0 Å². The lowest BCUT2D eigenvalue weighted by atomic mass is 10.1. The van der Waals surface area contributed by atoms with Crippen LogP contribution in [0.4, 0.5) is 13.2 Å². The van der Waals surface area contributed by atoms with Gasteiger partial charge < -0.3 is 10.1 Å². The lowest BCUT2D eigenvalue weighted by Crippen LogP contribution is -2.27. The third-order valence-electron chi connectivity index (χ3n) is 2.94. The summed E-state index contributed by atoms with van der Waals surface area (Å²) in [6, 6.07) is 7.18. The lowest BCUT2D eigenvalue weighted by molar-refractivity contribution is -0.153. The number of amides is 1. The number of ether oxygens (including phenoxy) is 1. The van der Waals surface area contributed by atoms with Crippen molar-refractivity contribution in [2.24, 2.45) is 0 Å². The van der Waals surface area contributed by atoms with Gasteiger partial charge in [0.1, 0.15) is 17.8 Å². The highest BCUT2D eigenvalue weighted by Gasteiger charge is 2.28. The average molecular weight is 325 g/mol. The van der Waals surface area contributed by atoms with Crippen LogP contribution in [0.2, 0.25) is 0 Å². The summed E-state index contributed by atoms with van der Waals surface area (Å²) in [6.45, 7) is 0.414. The number of alkyl halides is 3. The van der Waals surface area contributed by atoms with E-state index < -0.39 is 12.8 Å². The van der Waals surface area contributed by atoms with E-state index in [9.17, 15) is 18.0 Å². The summed E-state index contributed by atoms with van der Waals surface area (Å²) in [5.74, 6) is -0.252. The zero-order chi connectivity index (χ0) is 16.9. The van der Waals surface area contributed by atoms with Crippen molar-refractivity contribution < 1.29 is 22.7 Å². The molecule has 5 nitrogen and oxygen atoms in total. The molecule has 1 atom stereocenters. The molecule has 2 rings (SSSR count). The highest BCUT2D eigenvalue weighted by molar-refractivity contribution is 5.92. The Morgan fingerprint density at radius 1 is 1.26 bits per heavy atom. The molecule has 23 heavy (non-hydrogen) atoms. The molecular formula is C15H14F3N3O2. The number of hydrogen-bond acceptors (Lipinski definition) is 4. The van der Waals surface area contributed by atoms with E-state index in [4.69, 9.17) is 0 Å². The van der Waals surface area contributed by atoms with Crippen molar-refractivity contribution in [2.75, 3.05) is 6.61 Å². The smallest absolute Gasteiger partial charge is 0.422 e. The largest absolute Gasteiger partial charge is 0.484 e. The quantitative estimate of drug-likeness (QED) is 0.918. The summed E-state index contributed by atoms with van der Waals surface area (Å²) in [4.78, 5) is 19.5. The summed E-state index contributed by atoms with van der Waals surface area (Å²) in [6.07, 6.45) is -1.65. The van der Waals surface area contributed by atoms with Gasteiger partial charge in [0.2, 0.25) is 0 Å². The minimum Gasteiger partial charge on any atom is -0.484 e. The molecule has 0 radical (unpaired) electrons. The zero-order valence-corrected chi connectivity index (χ0v) is 12.2. The molecule has 1 aromatic carbocycles. The van der Waals surface area contributed by atoms with Gasteiger partial charge in [0.05, 0.1) is 6.04 Å². The summed E-state index contributed by atoms with van der Waals surface area (Å²) in [7, 11) is 0. The fraction of sp³-hybridized carbons (Fsp3) is 0.267. The standard InChI is InChI=1S/C15H14F3N3O2/c1-10(21-14(22)13-6-7-19-9-20-13)11-2-4-12(5-3-11)23-8-15(16,17)18/h2-7,9-10H,8H2,1H3,(H,21,22). The number of carbonyl (C=O) groups excluding carboxylic acids is 1. The molecule has 0 saturated heterocycles. The molecule has 0 saturated carbocycles. The topological polar surface area (TPSA) is 64.1 Å². The van der Waals surface area contributed by atoms with Crippen molar-refractivity contribution >= 4 is 5.91 Å². The molecule has 1 heterocycles. The Morgan fingerprint density at radius 2 is 1.96 bits per heavy atom. The van der Waals surface area contributed by atoms with Gasteiger partial charge in [0, 0.05) is 6.20 Å². The Hall–Kier alpha value is -2.64. The van der Waals surface area contributed by atoms with Crippen molar-refractivity contribution in [2.45, 2.75) is 19.1 Å². The molecule has 122 valence electrons. The van der Waals surface area contributed by atoms with Gasteiger partial charge in [0.25, 0.3) is 5.91 Å². The number of aromatic nitrogens is 2. The van der Waals surface area contributed by atoms with Crippen LogP contribution in [0.3, 0.4) is 0 Å². The Morgan fingerprint density at radius 3 is 2.52 bits per heavy atom. The molecule has 1 N–H and O–H groups in total. The molecule has 2 aromatic rings. The first-order valence-electron chi connectivity index (χ1n) is 6.71. The molecule has 0 bridgehead atoms. The fourth-order valence-electron chi connectivity index (χ4n) is 1.80. The van der Waals surface area contributed by atoms with Crippen LogP contribution in [0.25, 0.3) is 0 Å². The Labute approximate surface area is 130 Å². The highest BCUT2D eigenvalue weighted by atomic mass is 19.4. The molecule has 0 aliphatic carbocycles. The zero-order valence-electron chi connectivity index (χ0n) is 12.2. The third kappa shape index (κ3) is 5.24. The van der Waals surface area contributed by atoms with Crippen LogP contribution in [-0.4, -0.2) is 28.7 Å². The molecule has 0 aliphatic rings. The van der Waals surface area contributed by atoms with Crippen LogP contribution in [0.1, 0.15) is 29.0 Å². The number of nitrogens with zero attached hydrogens (tertiary/aromatic N) is 2. The summed E-state index contributed by atoms with van der Waals surface area (Å²) < 4.78 is 40.8. The van der Waals surface area contributed by atoms with Gasteiger partial charge in [-0.1, -0.05) is 12.1 Å². The number of benzene rings is 1. The third-order valence-corrected chi connectivity index (χ3v) is 2.94. The first-order chi connectivity index (χ1) is 10.8. The van der Waals surface area contributed by atoms with Crippen molar-refractivity contribution in [1.29, 1.82) is 0 Å². The van der Waals surface area contributed by atoms with E-state index in [-0.39, 0.29) is 23.4 Å². The van der Waals surface area contributed by atoms with Gasteiger partial charge in [-0.15, -0.1) is 0 Å².